The van der Waals surface area contributed by atoms with Crippen molar-refractivity contribution in [3.8, 4) is 17.1 Å². The van der Waals surface area contributed by atoms with Gasteiger partial charge in [0.15, 0.2) is 11.5 Å². The predicted octanol–water partition coefficient (Wildman–Crippen LogP) is 4.18. The second-order valence-corrected chi connectivity index (χ2v) is 7.51. The van der Waals surface area contributed by atoms with Crippen LogP contribution in [0.2, 0.25) is 5.02 Å². The third-order valence-electron chi connectivity index (χ3n) is 5.06. The summed E-state index contributed by atoms with van der Waals surface area (Å²) < 4.78 is 24.2. The van der Waals surface area contributed by atoms with Crippen molar-refractivity contribution in [2.45, 2.75) is 25.0 Å². The molecule has 0 spiro atoms. The van der Waals surface area contributed by atoms with E-state index < -0.39 is 12.2 Å². The van der Waals surface area contributed by atoms with Crippen LogP contribution < -0.4 is 4.74 Å². The van der Waals surface area contributed by atoms with Crippen molar-refractivity contribution in [2.24, 2.45) is 0 Å². The number of hydrogen-bond donors (Lipinski definition) is 1. The number of hydrogen-bond acceptors (Lipinski definition) is 5. The molecule has 0 bridgehead atoms. The first-order valence-electron chi connectivity index (χ1n) is 9.62. The molecule has 2 aromatic carbocycles. The van der Waals surface area contributed by atoms with E-state index in [9.17, 15) is 14.3 Å². The summed E-state index contributed by atoms with van der Waals surface area (Å²) in [5.74, 6) is 0.244. The third-order valence-corrected chi connectivity index (χ3v) is 5.39. The summed E-state index contributed by atoms with van der Waals surface area (Å²) in [6, 6.07) is 14.4. The lowest BCUT2D eigenvalue weighted by Crippen LogP contribution is -2.32. The highest BCUT2D eigenvalue weighted by Gasteiger charge is 2.30. The normalized spacial score (nSPS) is 19.4. The lowest BCUT2D eigenvalue weighted by molar-refractivity contribution is 0.0349. The highest BCUT2D eigenvalue weighted by molar-refractivity contribution is 6.33. The second-order valence-electron chi connectivity index (χ2n) is 7.10. The number of rotatable bonds is 4. The largest absolute Gasteiger partial charge is 0.488 e. The molecule has 6 nitrogen and oxygen atoms in total. The van der Waals surface area contributed by atoms with Gasteiger partial charge in [-0.25, -0.2) is 4.39 Å². The highest BCUT2D eigenvalue weighted by Crippen LogP contribution is 2.28. The van der Waals surface area contributed by atoms with Gasteiger partial charge in [0.05, 0.1) is 11.1 Å². The Morgan fingerprint density at radius 3 is 2.67 bits per heavy atom. The highest BCUT2D eigenvalue weighted by atomic mass is 35.5. The SMILES string of the molecule is O=C(c1cc(-c2ccccc2Cl)on1)N1CC[C@H](Oc2ccc(F)cc2)[C@@H](O)CC1. The maximum Gasteiger partial charge on any atom is 0.276 e. The first-order valence-corrected chi connectivity index (χ1v) is 10.0. The van der Waals surface area contributed by atoms with E-state index in [0.717, 1.165) is 0 Å². The molecule has 3 aromatic rings. The molecule has 0 unspecified atom stereocenters. The van der Waals surface area contributed by atoms with Gasteiger partial charge in [-0.05, 0) is 42.8 Å². The molecule has 0 aliphatic carbocycles. The number of ether oxygens (including phenoxy) is 1. The Bertz CT molecular complexity index is 1020. The van der Waals surface area contributed by atoms with E-state index >= 15 is 0 Å². The third kappa shape index (κ3) is 4.47. The number of aromatic nitrogens is 1. The fraction of sp³-hybridized carbons (Fsp3) is 0.273. The maximum absolute atomic E-state index is 13.1. The standard InChI is InChI=1S/C22H20ClFN2O4/c23-17-4-2-1-3-16(17)21-13-18(25-30-21)22(28)26-11-9-19(27)20(10-12-26)29-15-7-5-14(24)6-8-15/h1-8,13,19-20,27H,9-12H2/t19-,20-/m0/s1. The Morgan fingerprint density at radius 2 is 1.90 bits per heavy atom. The van der Waals surface area contributed by atoms with Crippen molar-refractivity contribution in [3.63, 3.8) is 0 Å². The van der Waals surface area contributed by atoms with Crippen LogP contribution in [0.3, 0.4) is 0 Å². The molecular weight excluding hydrogens is 411 g/mol. The Labute approximate surface area is 177 Å². The summed E-state index contributed by atoms with van der Waals surface area (Å²) in [6.45, 7) is 0.744. The number of carbonyl (C=O) groups is 1. The summed E-state index contributed by atoms with van der Waals surface area (Å²) in [5, 5.41) is 14.8. The van der Waals surface area contributed by atoms with Gasteiger partial charge in [0.25, 0.3) is 5.91 Å². The molecular formula is C22H20ClFN2O4. The Balaban J connectivity index is 1.43. The molecule has 1 N–H and O–H groups in total. The number of benzene rings is 2. The van der Waals surface area contributed by atoms with Crippen molar-refractivity contribution in [1.82, 2.24) is 10.1 Å². The number of amides is 1. The van der Waals surface area contributed by atoms with E-state index in [2.05, 4.69) is 5.16 Å². The van der Waals surface area contributed by atoms with Crippen LogP contribution >= 0.6 is 11.6 Å². The Hall–Kier alpha value is -2.90. The van der Waals surface area contributed by atoms with Crippen molar-refractivity contribution in [2.75, 3.05) is 13.1 Å². The van der Waals surface area contributed by atoms with E-state index in [1.54, 1.807) is 29.2 Å². The zero-order chi connectivity index (χ0) is 21.1. The predicted molar refractivity (Wildman–Crippen MR) is 109 cm³/mol. The summed E-state index contributed by atoms with van der Waals surface area (Å²) >= 11 is 6.18. The summed E-state index contributed by atoms with van der Waals surface area (Å²) in [7, 11) is 0. The van der Waals surface area contributed by atoms with Crippen LogP contribution in [-0.4, -0.2) is 46.4 Å². The van der Waals surface area contributed by atoms with E-state index in [1.165, 1.54) is 24.3 Å². The fourth-order valence-corrected chi connectivity index (χ4v) is 3.64. The number of carbonyl (C=O) groups excluding carboxylic acids is 1. The average molecular weight is 431 g/mol. The molecule has 0 radical (unpaired) electrons. The van der Waals surface area contributed by atoms with Gasteiger partial charge in [0.2, 0.25) is 0 Å². The van der Waals surface area contributed by atoms with Crippen LogP contribution in [-0.2, 0) is 0 Å². The molecule has 156 valence electrons. The average Bonchev–Trinajstić information content (AvgIpc) is 3.16. The van der Waals surface area contributed by atoms with Crippen molar-refractivity contribution < 1.29 is 23.6 Å². The quantitative estimate of drug-likeness (QED) is 0.672. The molecule has 0 saturated carbocycles. The fourth-order valence-electron chi connectivity index (χ4n) is 3.42. The van der Waals surface area contributed by atoms with Gasteiger partial charge in [-0.15, -0.1) is 0 Å². The van der Waals surface area contributed by atoms with Crippen LogP contribution in [0.1, 0.15) is 23.3 Å². The minimum Gasteiger partial charge on any atom is -0.488 e. The Morgan fingerprint density at radius 1 is 1.17 bits per heavy atom. The summed E-state index contributed by atoms with van der Waals surface area (Å²) in [6.07, 6.45) is -0.458. The van der Waals surface area contributed by atoms with E-state index in [1.807, 2.05) is 6.07 Å². The van der Waals surface area contributed by atoms with Crippen molar-refractivity contribution >= 4 is 17.5 Å². The molecule has 1 saturated heterocycles. The van der Waals surface area contributed by atoms with Gasteiger partial charge in [0.1, 0.15) is 17.7 Å². The lowest BCUT2D eigenvalue weighted by Gasteiger charge is -2.21. The zero-order valence-corrected chi connectivity index (χ0v) is 16.8. The number of aliphatic hydroxyl groups is 1. The number of halogens is 2. The second kappa shape index (κ2) is 8.85. The molecule has 2 heterocycles. The van der Waals surface area contributed by atoms with Gasteiger partial charge < -0.3 is 19.3 Å². The molecule has 1 aliphatic heterocycles. The van der Waals surface area contributed by atoms with Gasteiger partial charge in [-0.2, -0.15) is 0 Å². The first kappa shape index (κ1) is 20.4. The zero-order valence-electron chi connectivity index (χ0n) is 16.0. The molecule has 30 heavy (non-hydrogen) atoms. The first-order chi connectivity index (χ1) is 14.5. The van der Waals surface area contributed by atoms with Gasteiger partial charge >= 0.3 is 0 Å². The summed E-state index contributed by atoms with van der Waals surface area (Å²) in [4.78, 5) is 14.5. The van der Waals surface area contributed by atoms with Gasteiger partial charge in [-0.3, -0.25) is 4.79 Å². The van der Waals surface area contributed by atoms with Crippen LogP contribution in [0, 0.1) is 5.82 Å². The smallest absolute Gasteiger partial charge is 0.276 e. The topological polar surface area (TPSA) is 75.8 Å². The molecule has 1 aliphatic rings. The monoisotopic (exact) mass is 430 g/mol. The molecule has 8 heteroatoms. The van der Waals surface area contributed by atoms with Crippen LogP contribution in [0.25, 0.3) is 11.3 Å². The van der Waals surface area contributed by atoms with E-state index in [-0.39, 0.29) is 17.4 Å². The Kier molecular flexibility index (Phi) is 6.01. The maximum atomic E-state index is 13.1. The molecule has 1 aromatic heterocycles. The van der Waals surface area contributed by atoms with E-state index in [4.69, 9.17) is 20.9 Å². The molecule has 1 fully saturated rings. The number of nitrogens with zero attached hydrogens (tertiary/aromatic N) is 2. The van der Waals surface area contributed by atoms with Crippen LogP contribution in [0.5, 0.6) is 5.75 Å². The van der Waals surface area contributed by atoms with Crippen LogP contribution in [0.15, 0.2) is 59.1 Å². The minimum absolute atomic E-state index is 0.178. The van der Waals surface area contributed by atoms with Gasteiger partial charge in [-0.1, -0.05) is 28.9 Å². The molecule has 4 rings (SSSR count). The molecule has 1 amide bonds. The lowest BCUT2D eigenvalue weighted by atomic mass is 10.1. The minimum atomic E-state index is -0.746. The van der Waals surface area contributed by atoms with E-state index in [0.29, 0.717) is 48.0 Å². The number of aliphatic hydroxyl groups excluding tert-OH is 1. The number of likely N-dealkylation sites (tertiary alicyclic amines) is 1. The summed E-state index contributed by atoms with van der Waals surface area (Å²) in [5.41, 5.74) is 0.835. The van der Waals surface area contributed by atoms with Crippen molar-refractivity contribution in [1.29, 1.82) is 0 Å². The molecule has 2 atom stereocenters. The van der Waals surface area contributed by atoms with Crippen molar-refractivity contribution in [3.05, 3.63) is 71.1 Å². The van der Waals surface area contributed by atoms with Crippen LogP contribution in [0.4, 0.5) is 4.39 Å². The van der Waals surface area contributed by atoms with Gasteiger partial charge in [0, 0.05) is 31.1 Å².